The number of hydrogen-bond donors (Lipinski definition) is 2. The molecule has 6 nitrogen and oxygen atoms in total. The van der Waals surface area contributed by atoms with Gasteiger partial charge < -0.3 is 15.5 Å². The SMILES string of the molecule is C=CCNc1ncc(C(=O)NCCCN(C)C)cn1. The normalized spacial score (nSPS) is 10.3. The summed E-state index contributed by atoms with van der Waals surface area (Å²) in [5, 5.41) is 5.78. The number of anilines is 1. The maximum Gasteiger partial charge on any atom is 0.254 e. The Hall–Kier alpha value is -1.95. The Bertz CT molecular complexity index is 402. The van der Waals surface area contributed by atoms with Gasteiger partial charge in [0.15, 0.2) is 0 Å². The van der Waals surface area contributed by atoms with Gasteiger partial charge in [-0.25, -0.2) is 9.97 Å². The van der Waals surface area contributed by atoms with E-state index in [-0.39, 0.29) is 5.91 Å². The van der Waals surface area contributed by atoms with E-state index in [0.29, 0.717) is 24.6 Å². The molecule has 0 fully saturated rings. The van der Waals surface area contributed by atoms with Gasteiger partial charge in [-0.3, -0.25) is 4.79 Å². The lowest BCUT2D eigenvalue weighted by atomic mass is 10.3. The summed E-state index contributed by atoms with van der Waals surface area (Å²) in [4.78, 5) is 22.0. The summed E-state index contributed by atoms with van der Waals surface area (Å²) in [5.74, 6) is 0.345. The second-order valence-electron chi connectivity index (χ2n) is 4.38. The summed E-state index contributed by atoms with van der Waals surface area (Å²) in [6, 6.07) is 0. The first-order chi connectivity index (χ1) is 9.13. The molecular weight excluding hydrogens is 242 g/mol. The lowest BCUT2D eigenvalue weighted by Crippen LogP contribution is -2.27. The molecule has 1 aromatic rings. The fraction of sp³-hybridized carbons (Fsp3) is 0.462. The average molecular weight is 263 g/mol. The highest BCUT2D eigenvalue weighted by Gasteiger charge is 2.06. The Morgan fingerprint density at radius 3 is 2.68 bits per heavy atom. The fourth-order valence-corrected chi connectivity index (χ4v) is 1.40. The first kappa shape index (κ1) is 15.1. The molecule has 0 atom stereocenters. The fourth-order valence-electron chi connectivity index (χ4n) is 1.40. The zero-order chi connectivity index (χ0) is 14.1. The van der Waals surface area contributed by atoms with Gasteiger partial charge in [-0.15, -0.1) is 6.58 Å². The maximum atomic E-state index is 11.8. The predicted octanol–water partition coefficient (Wildman–Crippen LogP) is 0.756. The van der Waals surface area contributed by atoms with E-state index in [9.17, 15) is 4.79 Å². The van der Waals surface area contributed by atoms with Crippen LogP contribution in [-0.2, 0) is 0 Å². The zero-order valence-corrected chi connectivity index (χ0v) is 11.5. The van der Waals surface area contributed by atoms with Crippen molar-refractivity contribution in [3.8, 4) is 0 Å². The smallest absolute Gasteiger partial charge is 0.254 e. The first-order valence-electron chi connectivity index (χ1n) is 6.23. The largest absolute Gasteiger partial charge is 0.352 e. The summed E-state index contributed by atoms with van der Waals surface area (Å²) in [6.07, 6.45) is 5.66. The van der Waals surface area contributed by atoms with Gasteiger partial charge in [-0.05, 0) is 27.1 Å². The third-order valence-corrected chi connectivity index (χ3v) is 2.39. The molecule has 104 valence electrons. The van der Waals surface area contributed by atoms with Gasteiger partial charge in [0, 0.05) is 25.5 Å². The molecule has 0 aliphatic rings. The number of amides is 1. The van der Waals surface area contributed by atoms with Gasteiger partial charge in [0.2, 0.25) is 5.95 Å². The van der Waals surface area contributed by atoms with Crippen molar-refractivity contribution in [1.29, 1.82) is 0 Å². The molecule has 0 spiro atoms. The zero-order valence-electron chi connectivity index (χ0n) is 11.5. The Morgan fingerprint density at radius 2 is 2.11 bits per heavy atom. The summed E-state index contributed by atoms with van der Waals surface area (Å²) >= 11 is 0. The molecule has 6 heteroatoms. The van der Waals surface area contributed by atoms with Crippen molar-refractivity contribution in [2.45, 2.75) is 6.42 Å². The summed E-state index contributed by atoms with van der Waals surface area (Å²) in [5.41, 5.74) is 0.467. The molecule has 0 aliphatic heterocycles. The Balaban J connectivity index is 2.37. The van der Waals surface area contributed by atoms with E-state index in [0.717, 1.165) is 13.0 Å². The molecule has 0 saturated carbocycles. The lowest BCUT2D eigenvalue weighted by Gasteiger charge is -2.09. The van der Waals surface area contributed by atoms with Crippen molar-refractivity contribution in [2.75, 3.05) is 39.0 Å². The summed E-state index contributed by atoms with van der Waals surface area (Å²) < 4.78 is 0. The van der Waals surface area contributed by atoms with E-state index in [2.05, 4.69) is 32.1 Å². The molecule has 0 saturated heterocycles. The standard InChI is InChI=1S/C13H21N5O/c1-4-6-15-13-16-9-11(10-17-13)12(19)14-7-5-8-18(2)3/h4,9-10H,1,5-8H2,2-3H3,(H,14,19)(H,15,16,17). The molecule has 1 aromatic heterocycles. The lowest BCUT2D eigenvalue weighted by molar-refractivity contribution is 0.0951. The second kappa shape index (κ2) is 8.20. The minimum atomic E-state index is -0.144. The van der Waals surface area contributed by atoms with Gasteiger partial charge in [0.1, 0.15) is 0 Å². The number of nitrogens with one attached hydrogen (secondary N) is 2. The monoisotopic (exact) mass is 263 g/mol. The molecule has 1 heterocycles. The van der Waals surface area contributed by atoms with E-state index in [1.807, 2.05) is 14.1 Å². The van der Waals surface area contributed by atoms with Crippen LogP contribution in [-0.4, -0.2) is 54.5 Å². The number of carbonyl (C=O) groups excluding carboxylic acids is 1. The van der Waals surface area contributed by atoms with Crippen LogP contribution in [0.4, 0.5) is 5.95 Å². The summed E-state index contributed by atoms with van der Waals surface area (Å²) in [7, 11) is 4.01. The number of aromatic nitrogens is 2. The third kappa shape index (κ3) is 5.96. The minimum absolute atomic E-state index is 0.144. The van der Waals surface area contributed by atoms with Crippen molar-refractivity contribution >= 4 is 11.9 Å². The van der Waals surface area contributed by atoms with Crippen LogP contribution in [0.1, 0.15) is 16.8 Å². The van der Waals surface area contributed by atoms with Crippen molar-refractivity contribution in [2.24, 2.45) is 0 Å². The van der Waals surface area contributed by atoms with E-state index < -0.39 is 0 Å². The molecule has 1 amide bonds. The Labute approximate surface area is 113 Å². The van der Waals surface area contributed by atoms with Crippen molar-refractivity contribution in [3.05, 3.63) is 30.6 Å². The highest BCUT2D eigenvalue weighted by molar-refractivity contribution is 5.93. The molecule has 0 radical (unpaired) electrons. The van der Waals surface area contributed by atoms with Crippen molar-refractivity contribution in [3.63, 3.8) is 0 Å². The highest BCUT2D eigenvalue weighted by atomic mass is 16.1. The van der Waals surface area contributed by atoms with Crippen LogP contribution in [0.3, 0.4) is 0 Å². The van der Waals surface area contributed by atoms with Crippen LogP contribution in [0.2, 0.25) is 0 Å². The Kier molecular flexibility index (Phi) is 6.52. The van der Waals surface area contributed by atoms with E-state index in [4.69, 9.17) is 0 Å². The number of carbonyl (C=O) groups is 1. The number of hydrogen-bond acceptors (Lipinski definition) is 5. The van der Waals surface area contributed by atoms with Crippen LogP contribution in [0, 0.1) is 0 Å². The topological polar surface area (TPSA) is 70.2 Å². The van der Waals surface area contributed by atoms with Crippen LogP contribution in [0.5, 0.6) is 0 Å². The van der Waals surface area contributed by atoms with Gasteiger partial charge in [-0.1, -0.05) is 6.08 Å². The van der Waals surface area contributed by atoms with Crippen molar-refractivity contribution < 1.29 is 4.79 Å². The molecular formula is C13H21N5O. The molecule has 19 heavy (non-hydrogen) atoms. The van der Waals surface area contributed by atoms with E-state index in [1.165, 1.54) is 12.4 Å². The minimum Gasteiger partial charge on any atom is -0.352 e. The van der Waals surface area contributed by atoms with E-state index in [1.54, 1.807) is 6.08 Å². The summed E-state index contributed by atoms with van der Waals surface area (Å²) in [6.45, 7) is 5.78. The first-order valence-corrected chi connectivity index (χ1v) is 6.23. The van der Waals surface area contributed by atoms with Crippen LogP contribution < -0.4 is 10.6 Å². The van der Waals surface area contributed by atoms with Gasteiger partial charge >= 0.3 is 0 Å². The van der Waals surface area contributed by atoms with Crippen LogP contribution >= 0.6 is 0 Å². The molecule has 0 aliphatic carbocycles. The quantitative estimate of drug-likeness (QED) is 0.535. The Morgan fingerprint density at radius 1 is 1.42 bits per heavy atom. The molecule has 0 unspecified atom stereocenters. The van der Waals surface area contributed by atoms with Gasteiger partial charge in [0.05, 0.1) is 5.56 Å². The van der Waals surface area contributed by atoms with Gasteiger partial charge in [0.25, 0.3) is 5.91 Å². The van der Waals surface area contributed by atoms with E-state index >= 15 is 0 Å². The molecule has 1 rings (SSSR count). The second-order valence-corrected chi connectivity index (χ2v) is 4.38. The third-order valence-electron chi connectivity index (χ3n) is 2.39. The molecule has 2 N–H and O–H groups in total. The van der Waals surface area contributed by atoms with Crippen molar-refractivity contribution in [1.82, 2.24) is 20.2 Å². The molecule has 0 bridgehead atoms. The van der Waals surface area contributed by atoms with Crippen LogP contribution in [0.15, 0.2) is 25.0 Å². The average Bonchev–Trinajstić information content (AvgIpc) is 2.41. The van der Waals surface area contributed by atoms with Gasteiger partial charge in [-0.2, -0.15) is 0 Å². The highest BCUT2D eigenvalue weighted by Crippen LogP contribution is 2.00. The molecule has 0 aromatic carbocycles. The maximum absolute atomic E-state index is 11.8. The number of rotatable bonds is 8. The number of nitrogens with zero attached hydrogens (tertiary/aromatic N) is 3. The predicted molar refractivity (Wildman–Crippen MR) is 76.2 cm³/mol. The van der Waals surface area contributed by atoms with Crippen LogP contribution in [0.25, 0.3) is 0 Å².